The molecule has 1 saturated carbocycles. The zero-order valence-electron chi connectivity index (χ0n) is 14.9. The van der Waals surface area contributed by atoms with Gasteiger partial charge in [-0.05, 0) is 49.7 Å². The van der Waals surface area contributed by atoms with Crippen molar-refractivity contribution in [3.8, 4) is 0 Å². The summed E-state index contributed by atoms with van der Waals surface area (Å²) in [6.07, 6.45) is 10.1. The number of hydrogen-bond donors (Lipinski definition) is 0. The summed E-state index contributed by atoms with van der Waals surface area (Å²) in [5.74, 6) is 0.976. The molecule has 0 unspecified atom stereocenters. The highest BCUT2D eigenvalue weighted by atomic mass is 16.5. The lowest BCUT2D eigenvalue weighted by molar-refractivity contribution is -0.166. The van der Waals surface area contributed by atoms with Crippen molar-refractivity contribution in [1.82, 2.24) is 9.88 Å². The zero-order chi connectivity index (χ0) is 17.1. The van der Waals surface area contributed by atoms with Crippen molar-refractivity contribution < 1.29 is 14.3 Å². The molecular weight excluding hydrogens is 316 g/mol. The Morgan fingerprint density at radius 2 is 2.32 bits per heavy atom. The molecule has 1 aromatic rings. The second-order valence-electron chi connectivity index (χ2n) is 7.93. The molecule has 4 rings (SSSR count). The molecule has 2 aliphatic heterocycles. The van der Waals surface area contributed by atoms with Crippen LogP contribution in [0.4, 0.5) is 0 Å². The number of ether oxygens (including phenoxy) is 2. The van der Waals surface area contributed by atoms with Gasteiger partial charge < -0.3 is 14.4 Å². The number of hydrogen-bond acceptors (Lipinski definition) is 4. The van der Waals surface area contributed by atoms with E-state index in [4.69, 9.17) is 9.47 Å². The van der Waals surface area contributed by atoms with Crippen LogP contribution in [0, 0.1) is 11.3 Å². The summed E-state index contributed by atoms with van der Waals surface area (Å²) in [6.45, 7) is 3.68. The first-order chi connectivity index (χ1) is 12.3. The first-order valence-electron chi connectivity index (χ1n) is 9.61. The minimum Gasteiger partial charge on any atom is -0.377 e. The number of rotatable bonds is 6. The van der Waals surface area contributed by atoms with Crippen molar-refractivity contribution in [1.29, 1.82) is 0 Å². The van der Waals surface area contributed by atoms with Crippen molar-refractivity contribution in [2.24, 2.45) is 11.3 Å². The Hall–Kier alpha value is -1.46. The molecule has 0 bridgehead atoms. The lowest BCUT2D eigenvalue weighted by Crippen LogP contribution is -2.58. The fourth-order valence-electron chi connectivity index (χ4n) is 4.27. The molecule has 25 heavy (non-hydrogen) atoms. The topological polar surface area (TPSA) is 51.7 Å². The third-order valence-corrected chi connectivity index (χ3v) is 5.88. The van der Waals surface area contributed by atoms with Gasteiger partial charge in [0.2, 0.25) is 5.91 Å². The number of likely N-dealkylation sites (tertiary alicyclic amines) is 1. The Morgan fingerprint density at radius 3 is 3.12 bits per heavy atom. The van der Waals surface area contributed by atoms with E-state index in [0.29, 0.717) is 25.0 Å². The van der Waals surface area contributed by atoms with Gasteiger partial charge in [0.05, 0.1) is 19.3 Å². The van der Waals surface area contributed by atoms with Gasteiger partial charge in [-0.3, -0.25) is 9.78 Å². The van der Waals surface area contributed by atoms with Crippen molar-refractivity contribution in [2.75, 3.05) is 26.3 Å². The Bertz CT molecular complexity index is 590. The lowest BCUT2D eigenvalue weighted by Gasteiger charge is -2.50. The van der Waals surface area contributed by atoms with E-state index in [1.54, 1.807) is 6.20 Å². The smallest absolute Gasteiger partial charge is 0.222 e. The quantitative estimate of drug-likeness (QED) is 0.796. The second-order valence-corrected chi connectivity index (χ2v) is 7.93. The van der Waals surface area contributed by atoms with Crippen LogP contribution < -0.4 is 0 Å². The Morgan fingerprint density at radius 1 is 1.40 bits per heavy atom. The monoisotopic (exact) mass is 344 g/mol. The number of pyridine rings is 1. The maximum absolute atomic E-state index is 12.6. The van der Waals surface area contributed by atoms with Gasteiger partial charge in [0.1, 0.15) is 0 Å². The summed E-state index contributed by atoms with van der Waals surface area (Å²) in [5.41, 5.74) is 1.04. The van der Waals surface area contributed by atoms with E-state index in [2.05, 4.69) is 9.88 Å². The van der Waals surface area contributed by atoms with Crippen LogP contribution >= 0.6 is 0 Å². The van der Waals surface area contributed by atoms with Gasteiger partial charge in [-0.25, -0.2) is 0 Å². The zero-order valence-corrected chi connectivity index (χ0v) is 14.9. The van der Waals surface area contributed by atoms with Gasteiger partial charge in [0.25, 0.3) is 0 Å². The molecular formula is C20H28N2O3. The Balaban J connectivity index is 1.39. The molecule has 5 heteroatoms. The molecule has 1 aromatic heterocycles. The van der Waals surface area contributed by atoms with Crippen LogP contribution in [0.5, 0.6) is 0 Å². The number of piperidine rings is 1. The maximum Gasteiger partial charge on any atom is 0.222 e. The highest BCUT2D eigenvalue weighted by Crippen LogP contribution is 2.41. The predicted molar refractivity (Wildman–Crippen MR) is 93.8 cm³/mol. The first-order valence-corrected chi connectivity index (χ1v) is 9.61. The number of fused-ring (bicyclic) bond motifs is 1. The minimum absolute atomic E-state index is 0.0437. The number of nitrogens with zero attached hydrogens (tertiary/aromatic N) is 2. The summed E-state index contributed by atoms with van der Waals surface area (Å²) >= 11 is 0. The molecule has 3 fully saturated rings. The molecule has 3 aliphatic rings. The standard InChI is InChI=1S/C20H28N2O3/c23-19(11-16-4-5-16)22-9-6-18-20(14-22,7-2-10-25-18)15-24-13-17-3-1-8-21-12-17/h1,3,8,12,16,18H,2,4-7,9-11,13-15H2/t18-,20-/m0/s1. The fraction of sp³-hybridized carbons (Fsp3) is 0.700. The Kier molecular flexibility index (Phi) is 5.04. The maximum atomic E-state index is 12.6. The molecule has 5 nitrogen and oxygen atoms in total. The number of carbonyl (C=O) groups excluding carboxylic acids is 1. The van der Waals surface area contributed by atoms with Gasteiger partial charge in [-0.1, -0.05) is 6.07 Å². The van der Waals surface area contributed by atoms with Crippen LogP contribution in [0.1, 0.15) is 44.1 Å². The van der Waals surface area contributed by atoms with Gasteiger partial charge >= 0.3 is 0 Å². The predicted octanol–water partition coefficient (Wildman–Crippen LogP) is 2.80. The highest BCUT2D eigenvalue weighted by molar-refractivity contribution is 5.77. The molecule has 0 aromatic carbocycles. The van der Waals surface area contributed by atoms with Crippen LogP contribution in [0.3, 0.4) is 0 Å². The molecule has 0 spiro atoms. The number of carbonyl (C=O) groups is 1. The van der Waals surface area contributed by atoms with E-state index in [1.807, 2.05) is 18.3 Å². The van der Waals surface area contributed by atoms with Crippen LogP contribution in [-0.4, -0.2) is 48.2 Å². The van der Waals surface area contributed by atoms with E-state index in [-0.39, 0.29) is 11.5 Å². The van der Waals surface area contributed by atoms with Crippen molar-refractivity contribution in [3.05, 3.63) is 30.1 Å². The van der Waals surface area contributed by atoms with Crippen LogP contribution in [-0.2, 0) is 20.9 Å². The third-order valence-electron chi connectivity index (χ3n) is 5.88. The van der Waals surface area contributed by atoms with E-state index in [0.717, 1.165) is 50.9 Å². The van der Waals surface area contributed by atoms with Crippen LogP contribution in [0.2, 0.25) is 0 Å². The average molecular weight is 344 g/mol. The van der Waals surface area contributed by atoms with Gasteiger partial charge in [0, 0.05) is 43.9 Å². The van der Waals surface area contributed by atoms with Crippen LogP contribution in [0.15, 0.2) is 24.5 Å². The molecule has 136 valence electrons. The van der Waals surface area contributed by atoms with Gasteiger partial charge in [-0.2, -0.15) is 0 Å². The highest BCUT2D eigenvalue weighted by Gasteiger charge is 2.47. The Labute approximate surface area is 149 Å². The van der Waals surface area contributed by atoms with Crippen LogP contribution in [0.25, 0.3) is 0 Å². The summed E-state index contributed by atoms with van der Waals surface area (Å²) in [6, 6.07) is 3.97. The van der Waals surface area contributed by atoms with Gasteiger partial charge in [0.15, 0.2) is 0 Å². The number of amides is 1. The summed E-state index contributed by atoms with van der Waals surface area (Å²) in [7, 11) is 0. The summed E-state index contributed by atoms with van der Waals surface area (Å²) in [4.78, 5) is 18.8. The van der Waals surface area contributed by atoms with E-state index >= 15 is 0 Å². The lowest BCUT2D eigenvalue weighted by atomic mass is 9.73. The molecule has 2 saturated heterocycles. The minimum atomic E-state index is -0.0437. The van der Waals surface area contributed by atoms with E-state index < -0.39 is 0 Å². The fourth-order valence-corrected chi connectivity index (χ4v) is 4.27. The average Bonchev–Trinajstić information content (AvgIpc) is 3.46. The van der Waals surface area contributed by atoms with Crippen molar-refractivity contribution >= 4 is 5.91 Å². The summed E-state index contributed by atoms with van der Waals surface area (Å²) < 4.78 is 12.2. The second kappa shape index (κ2) is 7.42. The summed E-state index contributed by atoms with van der Waals surface area (Å²) in [5, 5.41) is 0. The molecule has 1 amide bonds. The normalized spacial score (nSPS) is 29.3. The molecule has 2 atom stereocenters. The molecule has 3 heterocycles. The SMILES string of the molecule is O=C(CC1CC1)N1CC[C@@H]2OCCC[C@@]2(COCc2cccnc2)C1. The third kappa shape index (κ3) is 4.04. The van der Waals surface area contributed by atoms with E-state index in [1.165, 1.54) is 12.8 Å². The molecule has 1 aliphatic carbocycles. The van der Waals surface area contributed by atoms with Gasteiger partial charge in [-0.15, -0.1) is 0 Å². The largest absolute Gasteiger partial charge is 0.377 e. The van der Waals surface area contributed by atoms with E-state index in [9.17, 15) is 4.79 Å². The van der Waals surface area contributed by atoms with Crippen molar-refractivity contribution in [2.45, 2.75) is 51.2 Å². The molecule has 0 N–H and O–H groups in total. The van der Waals surface area contributed by atoms with Crippen molar-refractivity contribution in [3.63, 3.8) is 0 Å². The molecule has 0 radical (unpaired) electrons. The number of aromatic nitrogens is 1. The first kappa shape index (κ1) is 17.0.